The molecule has 2 aromatic carbocycles. The molecule has 2 aliphatic heterocycles. The number of hydrogen-bond acceptors (Lipinski definition) is 4. The Morgan fingerprint density at radius 1 is 1.00 bits per heavy atom. The lowest BCUT2D eigenvalue weighted by Crippen LogP contribution is -2.51. The maximum atomic E-state index is 12.9. The van der Waals surface area contributed by atoms with Gasteiger partial charge in [0, 0.05) is 31.6 Å². The molecule has 4 rings (SSSR count). The summed E-state index contributed by atoms with van der Waals surface area (Å²) in [5.41, 5.74) is 1.15. The van der Waals surface area contributed by atoms with E-state index < -0.39 is 5.60 Å². The van der Waals surface area contributed by atoms with Gasteiger partial charge in [-0.2, -0.15) is 0 Å². The molecule has 1 N–H and O–H groups in total. The minimum atomic E-state index is -0.541. The van der Waals surface area contributed by atoms with Crippen molar-refractivity contribution in [1.29, 1.82) is 0 Å². The third-order valence-electron chi connectivity index (χ3n) is 7.82. The normalized spacial score (nSPS) is 22.0. The second-order valence-electron chi connectivity index (χ2n) is 11.4. The molecule has 6 nitrogen and oxygen atoms in total. The molecule has 2 aromatic rings. The minimum Gasteiger partial charge on any atom is -0.444 e. The van der Waals surface area contributed by atoms with Crippen molar-refractivity contribution in [2.45, 2.75) is 63.0 Å². The molecule has 200 valence electrons. The SMILES string of the molecule is CC(C)(C)OC(=O)N1CCC(CCN2CCC(NC=O)(c3ccccc3)CC2)(c2ccc(Cl)c(Cl)c2)C1. The number of rotatable bonds is 7. The third kappa shape index (κ3) is 6.42. The van der Waals surface area contributed by atoms with Crippen LogP contribution in [0.2, 0.25) is 10.0 Å². The van der Waals surface area contributed by atoms with Crippen LogP contribution in [0.25, 0.3) is 0 Å². The molecule has 0 radical (unpaired) electrons. The Morgan fingerprint density at radius 2 is 1.70 bits per heavy atom. The van der Waals surface area contributed by atoms with Crippen molar-refractivity contribution in [2.24, 2.45) is 0 Å². The number of nitrogens with zero attached hydrogens (tertiary/aromatic N) is 2. The van der Waals surface area contributed by atoms with E-state index in [-0.39, 0.29) is 17.0 Å². The summed E-state index contributed by atoms with van der Waals surface area (Å²) in [5.74, 6) is 0. The molecular formula is C29H37Cl2N3O3. The fraction of sp³-hybridized carbons (Fsp3) is 0.517. The van der Waals surface area contributed by atoms with E-state index in [1.54, 1.807) is 0 Å². The predicted molar refractivity (Wildman–Crippen MR) is 148 cm³/mol. The van der Waals surface area contributed by atoms with Gasteiger partial charge in [0.05, 0.1) is 15.6 Å². The average Bonchev–Trinajstić information content (AvgIpc) is 3.31. The van der Waals surface area contributed by atoms with E-state index in [0.29, 0.717) is 23.1 Å². The van der Waals surface area contributed by atoms with E-state index in [0.717, 1.165) is 62.9 Å². The topological polar surface area (TPSA) is 61.9 Å². The lowest BCUT2D eigenvalue weighted by Gasteiger charge is -2.43. The summed E-state index contributed by atoms with van der Waals surface area (Å²) in [7, 11) is 0. The second-order valence-corrected chi connectivity index (χ2v) is 12.2. The smallest absolute Gasteiger partial charge is 0.410 e. The number of amides is 2. The van der Waals surface area contributed by atoms with Crippen LogP contribution >= 0.6 is 23.2 Å². The van der Waals surface area contributed by atoms with Gasteiger partial charge < -0.3 is 19.9 Å². The van der Waals surface area contributed by atoms with Crippen molar-refractivity contribution in [3.8, 4) is 0 Å². The first-order chi connectivity index (χ1) is 17.6. The van der Waals surface area contributed by atoms with Crippen molar-refractivity contribution in [1.82, 2.24) is 15.1 Å². The van der Waals surface area contributed by atoms with Crippen LogP contribution in [0.4, 0.5) is 4.79 Å². The number of carbonyl (C=O) groups is 2. The molecule has 0 saturated carbocycles. The largest absolute Gasteiger partial charge is 0.444 e. The molecule has 2 saturated heterocycles. The molecule has 2 fully saturated rings. The van der Waals surface area contributed by atoms with Crippen LogP contribution in [0, 0.1) is 0 Å². The first-order valence-electron chi connectivity index (χ1n) is 13.0. The predicted octanol–water partition coefficient (Wildman–Crippen LogP) is 6.00. The Labute approximate surface area is 230 Å². The highest BCUT2D eigenvalue weighted by atomic mass is 35.5. The number of nitrogens with one attached hydrogen (secondary N) is 1. The first-order valence-corrected chi connectivity index (χ1v) is 13.7. The monoisotopic (exact) mass is 545 g/mol. The molecule has 0 bridgehead atoms. The van der Waals surface area contributed by atoms with Crippen LogP contribution in [0.1, 0.15) is 57.6 Å². The van der Waals surface area contributed by atoms with Gasteiger partial charge in [0.2, 0.25) is 6.41 Å². The molecule has 1 atom stereocenters. The van der Waals surface area contributed by atoms with Crippen molar-refractivity contribution in [2.75, 3.05) is 32.7 Å². The van der Waals surface area contributed by atoms with Crippen LogP contribution in [0.5, 0.6) is 0 Å². The summed E-state index contributed by atoms with van der Waals surface area (Å²) in [6.45, 7) is 9.51. The van der Waals surface area contributed by atoms with E-state index in [1.165, 1.54) is 0 Å². The maximum Gasteiger partial charge on any atom is 0.410 e. The van der Waals surface area contributed by atoms with Gasteiger partial charge in [-0.25, -0.2) is 4.79 Å². The van der Waals surface area contributed by atoms with Crippen LogP contribution in [0.15, 0.2) is 48.5 Å². The van der Waals surface area contributed by atoms with Gasteiger partial charge >= 0.3 is 6.09 Å². The average molecular weight is 547 g/mol. The lowest BCUT2D eigenvalue weighted by atomic mass is 9.76. The van der Waals surface area contributed by atoms with Crippen molar-refractivity contribution >= 4 is 35.7 Å². The summed E-state index contributed by atoms with van der Waals surface area (Å²) in [6.07, 6.45) is 3.95. The number of ether oxygens (including phenoxy) is 1. The molecule has 2 heterocycles. The van der Waals surface area contributed by atoms with E-state index in [4.69, 9.17) is 27.9 Å². The number of halogens is 2. The van der Waals surface area contributed by atoms with Crippen LogP contribution in [-0.4, -0.2) is 60.6 Å². The fourth-order valence-corrected chi connectivity index (χ4v) is 5.98. The van der Waals surface area contributed by atoms with E-state index in [9.17, 15) is 9.59 Å². The van der Waals surface area contributed by atoms with Gasteiger partial charge in [0.25, 0.3) is 0 Å². The number of piperidine rings is 1. The highest BCUT2D eigenvalue weighted by Crippen LogP contribution is 2.41. The Kier molecular flexibility index (Phi) is 8.41. The fourth-order valence-electron chi connectivity index (χ4n) is 5.68. The van der Waals surface area contributed by atoms with Gasteiger partial charge in [-0.15, -0.1) is 0 Å². The highest BCUT2D eigenvalue weighted by Gasteiger charge is 2.43. The van der Waals surface area contributed by atoms with Crippen LogP contribution in [0.3, 0.4) is 0 Å². The molecule has 1 unspecified atom stereocenters. The molecule has 2 aliphatic rings. The molecule has 2 amide bonds. The minimum absolute atomic E-state index is 0.236. The van der Waals surface area contributed by atoms with E-state index in [2.05, 4.69) is 22.3 Å². The standard InChI is InChI=1S/C29H37Cl2N3O3/c1-27(2,3)37-26(36)34-18-12-28(20-34,23-9-10-24(30)25(31)19-23)11-15-33-16-13-29(14-17-33,32-21-35)22-7-5-4-6-8-22/h4-10,19,21H,11-18,20H2,1-3H3,(H,32,35). The van der Waals surface area contributed by atoms with Crippen molar-refractivity contribution < 1.29 is 14.3 Å². The quantitative estimate of drug-likeness (QED) is 0.433. The zero-order valence-electron chi connectivity index (χ0n) is 21.9. The zero-order valence-corrected chi connectivity index (χ0v) is 23.4. The Balaban J connectivity index is 1.48. The zero-order chi connectivity index (χ0) is 26.7. The molecule has 0 aliphatic carbocycles. The van der Waals surface area contributed by atoms with Gasteiger partial charge in [0.1, 0.15) is 5.60 Å². The van der Waals surface area contributed by atoms with Gasteiger partial charge in [-0.1, -0.05) is 59.6 Å². The Hall–Kier alpha value is -2.28. The summed E-state index contributed by atoms with van der Waals surface area (Å²) in [4.78, 5) is 28.6. The number of carbonyl (C=O) groups excluding carboxylic acids is 2. The van der Waals surface area contributed by atoms with E-state index in [1.807, 2.05) is 62.1 Å². The molecule has 0 aromatic heterocycles. The molecule has 0 spiro atoms. The summed E-state index contributed by atoms with van der Waals surface area (Å²) in [5, 5.41) is 4.18. The second kappa shape index (κ2) is 11.2. The molecule has 8 heteroatoms. The first kappa shape index (κ1) is 27.7. The van der Waals surface area contributed by atoms with Gasteiger partial charge in [0.15, 0.2) is 0 Å². The third-order valence-corrected chi connectivity index (χ3v) is 8.55. The number of likely N-dealkylation sites (tertiary alicyclic amines) is 2. The summed E-state index contributed by atoms with van der Waals surface area (Å²) >= 11 is 12.7. The maximum absolute atomic E-state index is 12.9. The van der Waals surface area contributed by atoms with Crippen molar-refractivity contribution in [3.05, 3.63) is 69.7 Å². The lowest BCUT2D eigenvalue weighted by molar-refractivity contribution is -0.112. The molecule has 37 heavy (non-hydrogen) atoms. The van der Waals surface area contributed by atoms with Crippen molar-refractivity contribution in [3.63, 3.8) is 0 Å². The Bertz CT molecular complexity index is 1100. The number of benzene rings is 2. The van der Waals surface area contributed by atoms with E-state index >= 15 is 0 Å². The highest BCUT2D eigenvalue weighted by molar-refractivity contribution is 6.42. The number of hydrogen-bond donors (Lipinski definition) is 1. The summed E-state index contributed by atoms with van der Waals surface area (Å²) in [6, 6.07) is 16.1. The molecular weight excluding hydrogens is 509 g/mol. The van der Waals surface area contributed by atoms with Crippen LogP contribution in [-0.2, 0) is 20.5 Å². The van der Waals surface area contributed by atoms with Gasteiger partial charge in [-0.05, 0) is 76.3 Å². The Morgan fingerprint density at radius 3 is 2.32 bits per heavy atom. The summed E-state index contributed by atoms with van der Waals surface area (Å²) < 4.78 is 5.67. The van der Waals surface area contributed by atoms with Crippen LogP contribution < -0.4 is 5.32 Å². The van der Waals surface area contributed by atoms with Gasteiger partial charge in [-0.3, -0.25) is 4.79 Å².